The molecule has 6 nitrogen and oxygen atoms in total. The number of rotatable bonds is 4. The van der Waals surface area contributed by atoms with Crippen molar-refractivity contribution in [2.75, 3.05) is 4.72 Å². The van der Waals surface area contributed by atoms with E-state index in [9.17, 15) is 13.5 Å². The lowest BCUT2D eigenvalue weighted by Gasteiger charge is -2.12. The molecule has 0 unspecified atom stereocenters. The van der Waals surface area contributed by atoms with Gasteiger partial charge in [0.05, 0.1) is 11.5 Å². The first-order valence-electron chi connectivity index (χ1n) is 5.95. The highest BCUT2D eigenvalue weighted by Gasteiger charge is 2.19. The number of hydrogen-bond acceptors (Lipinski definition) is 5. The summed E-state index contributed by atoms with van der Waals surface area (Å²) in [6, 6.07) is 6.31. The Morgan fingerprint density at radius 2 is 2.00 bits per heavy atom. The second kappa shape index (κ2) is 5.56. The van der Waals surface area contributed by atoms with Gasteiger partial charge in [-0.1, -0.05) is 6.07 Å². The Morgan fingerprint density at radius 1 is 1.25 bits per heavy atom. The average molecular weight is 293 g/mol. The van der Waals surface area contributed by atoms with E-state index in [1.807, 2.05) is 6.92 Å². The van der Waals surface area contributed by atoms with E-state index in [1.54, 1.807) is 19.1 Å². The number of benzene rings is 1. The Kier molecular flexibility index (Phi) is 4.01. The summed E-state index contributed by atoms with van der Waals surface area (Å²) >= 11 is 0. The van der Waals surface area contributed by atoms with Gasteiger partial charge in [-0.2, -0.15) is 5.10 Å². The number of aromatic nitrogens is 2. The van der Waals surface area contributed by atoms with Crippen LogP contribution in [0.15, 0.2) is 35.4 Å². The van der Waals surface area contributed by atoms with Crippen LogP contribution in [-0.2, 0) is 16.6 Å². The second-order valence-corrected chi connectivity index (χ2v) is 6.07. The molecule has 0 aliphatic heterocycles. The molecule has 0 aliphatic carbocycles. The van der Waals surface area contributed by atoms with Crippen LogP contribution in [0.2, 0.25) is 0 Å². The zero-order valence-electron chi connectivity index (χ0n) is 11.2. The number of hydrogen-bond donors (Lipinski definition) is 2. The van der Waals surface area contributed by atoms with Gasteiger partial charge >= 0.3 is 0 Å². The zero-order valence-corrected chi connectivity index (χ0v) is 12.0. The van der Waals surface area contributed by atoms with Gasteiger partial charge in [-0.3, -0.25) is 4.72 Å². The summed E-state index contributed by atoms with van der Waals surface area (Å²) < 4.78 is 27.0. The van der Waals surface area contributed by atoms with Crippen LogP contribution >= 0.6 is 0 Å². The fourth-order valence-electron chi connectivity index (χ4n) is 1.88. The molecule has 2 N–H and O–H groups in total. The largest absolute Gasteiger partial charge is 0.392 e. The van der Waals surface area contributed by atoms with Gasteiger partial charge in [0, 0.05) is 6.20 Å². The summed E-state index contributed by atoms with van der Waals surface area (Å²) in [5, 5.41) is 16.6. The predicted octanol–water partition coefficient (Wildman–Crippen LogP) is 1.39. The van der Waals surface area contributed by atoms with Gasteiger partial charge in [0.25, 0.3) is 10.0 Å². The molecule has 0 radical (unpaired) electrons. The molecule has 1 aromatic heterocycles. The van der Waals surface area contributed by atoms with Gasteiger partial charge < -0.3 is 5.11 Å². The lowest BCUT2D eigenvalue weighted by atomic mass is 10.1. The first kappa shape index (κ1) is 14.4. The highest BCUT2D eigenvalue weighted by molar-refractivity contribution is 7.92. The van der Waals surface area contributed by atoms with Crippen molar-refractivity contribution >= 4 is 15.8 Å². The first-order valence-corrected chi connectivity index (χ1v) is 7.44. The highest BCUT2D eigenvalue weighted by Crippen LogP contribution is 2.22. The minimum absolute atomic E-state index is 0.123. The molecule has 20 heavy (non-hydrogen) atoms. The minimum Gasteiger partial charge on any atom is -0.392 e. The Morgan fingerprint density at radius 3 is 2.60 bits per heavy atom. The van der Waals surface area contributed by atoms with Crippen LogP contribution < -0.4 is 4.72 Å². The second-order valence-electron chi connectivity index (χ2n) is 4.42. The van der Waals surface area contributed by atoms with Gasteiger partial charge in [0.2, 0.25) is 0 Å². The molecule has 0 fully saturated rings. The van der Waals surface area contributed by atoms with Gasteiger partial charge in [-0.15, -0.1) is 5.10 Å². The molecule has 0 aliphatic rings. The van der Waals surface area contributed by atoms with E-state index in [-0.39, 0.29) is 17.3 Å². The molecule has 0 amide bonds. The molecule has 106 valence electrons. The number of anilines is 1. The molecule has 1 heterocycles. The number of sulfonamides is 1. The number of aryl methyl sites for hydroxylation is 2. The lowest BCUT2D eigenvalue weighted by molar-refractivity contribution is 0.280. The molecule has 2 rings (SSSR count). The number of nitrogens with one attached hydrogen (secondary N) is 1. The SMILES string of the molecule is Cc1cc(C)c(S(=O)(=O)Nc2cccnn2)cc1CO. The fraction of sp³-hybridized carbons (Fsp3) is 0.231. The summed E-state index contributed by atoms with van der Waals surface area (Å²) in [6.07, 6.45) is 1.46. The van der Waals surface area contributed by atoms with Gasteiger partial charge in [-0.05, 0) is 48.7 Å². The van der Waals surface area contributed by atoms with Crippen LogP contribution in [0.5, 0.6) is 0 Å². The highest BCUT2D eigenvalue weighted by atomic mass is 32.2. The Hall–Kier alpha value is -1.99. The van der Waals surface area contributed by atoms with Crippen LogP contribution in [0.4, 0.5) is 5.82 Å². The van der Waals surface area contributed by atoms with Crippen LogP contribution in [0, 0.1) is 13.8 Å². The molecule has 0 atom stereocenters. The van der Waals surface area contributed by atoms with E-state index in [0.29, 0.717) is 11.1 Å². The molecule has 2 aromatic rings. The third-order valence-corrected chi connectivity index (χ3v) is 4.40. The van der Waals surface area contributed by atoms with Crippen molar-refractivity contribution in [3.63, 3.8) is 0 Å². The van der Waals surface area contributed by atoms with Gasteiger partial charge in [-0.25, -0.2) is 8.42 Å². The van der Waals surface area contributed by atoms with Crippen LogP contribution in [0.25, 0.3) is 0 Å². The molecular formula is C13H15N3O3S. The van der Waals surface area contributed by atoms with Crippen LogP contribution in [0.1, 0.15) is 16.7 Å². The summed E-state index contributed by atoms with van der Waals surface area (Å²) in [5.41, 5.74) is 2.04. The summed E-state index contributed by atoms with van der Waals surface area (Å²) in [6.45, 7) is 3.32. The molecule has 7 heteroatoms. The van der Waals surface area contributed by atoms with E-state index >= 15 is 0 Å². The molecule has 1 aromatic carbocycles. The van der Waals surface area contributed by atoms with Crippen molar-refractivity contribution in [2.24, 2.45) is 0 Å². The topological polar surface area (TPSA) is 92.2 Å². The van der Waals surface area contributed by atoms with Crippen molar-refractivity contribution < 1.29 is 13.5 Å². The Labute approximate surface area is 117 Å². The maximum atomic E-state index is 12.3. The van der Waals surface area contributed by atoms with Crippen molar-refractivity contribution in [3.05, 3.63) is 47.2 Å². The average Bonchev–Trinajstić information content (AvgIpc) is 2.39. The van der Waals surface area contributed by atoms with E-state index in [0.717, 1.165) is 5.56 Å². The Balaban J connectivity index is 2.44. The van der Waals surface area contributed by atoms with Crippen molar-refractivity contribution in [1.29, 1.82) is 0 Å². The quantitative estimate of drug-likeness (QED) is 0.888. The molecule has 0 spiro atoms. The fourth-order valence-corrected chi connectivity index (χ4v) is 3.16. The third kappa shape index (κ3) is 2.94. The lowest BCUT2D eigenvalue weighted by Crippen LogP contribution is -2.16. The van der Waals surface area contributed by atoms with Gasteiger partial charge in [0.15, 0.2) is 5.82 Å². The summed E-state index contributed by atoms with van der Waals surface area (Å²) in [7, 11) is -3.76. The first-order chi connectivity index (χ1) is 9.44. The number of aliphatic hydroxyl groups is 1. The number of aliphatic hydroxyl groups excluding tert-OH is 1. The maximum Gasteiger partial charge on any atom is 0.263 e. The van der Waals surface area contributed by atoms with E-state index in [4.69, 9.17) is 0 Å². The Bertz CT molecular complexity index is 715. The smallest absolute Gasteiger partial charge is 0.263 e. The van der Waals surface area contributed by atoms with Crippen molar-refractivity contribution in [2.45, 2.75) is 25.3 Å². The summed E-state index contributed by atoms with van der Waals surface area (Å²) in [5.74, 6) is 0.151. The third-order valence-electron chi connectivity index (χ3n) is 2.90. The minimum atomic E-state index is -3.76. The molecule has 0 bridgehead atoms. The standard InChI is InChI=1S/C13H15N3O3S/c1-9-6-10(2)12(7-11(9)8-17)20(18,19)16-13-4-3-5-14-15-13/h3-7,17H,8H2,1-2H3,(H,15,16). The van der Waals surface area contributed by atoms with Crippen molar-refractivity contribution in [3.8, 4) is 0 Å². The van der Waals surface area contributed by atoms with Crippen LogP contribution in [0.3, 0.4) is 0 Å². The maximum absolute atomic E-state index is 12.3. The van der Waals surface area contributed by atoms with E-state index < -0.39 is 10.0 Å². The van der Waals surface area contributed by atoms with Gasteiger partial charge in [0.1, 0.15) is 0 Å². The predicted molar refractivity (Wildman–Crippen MR) is 74.7 cm³/mol. The van der Waals surface area contributed by atoms with E-state index in [1.165, 1.54) is 18.3 Å². The molecular weight excluding hydrogens is 278 g/mol. The molecule has 0 saturated carbocycles. The molecule has 0 saturated heterocycles. The van der Waals surface area contributed by atoms with Crippen molar-refractivity contribution in [1.82, 2.24) is 10.2 Å². The van der Waals surface area contributed by atoms with Crippen LogP contribution in [-0.4, -0.2) is 23.7 Å². The zero-order chi connectivity index (χ0) is 14.8. The van der Waals surface area contributed by atoms with E-state index in [2.05, 4.69) is 14.9 Å². The number of nitrogens with zero attached hydrogens (tertiary/aromatic N) is 2. The monoisotopic (exact) mass is 293 g/mol. The normalized spacial score (nSPS) is 11.3. The summed E-state index contributed by atoms with van der Waals surface area (Å²) in [4.78, 5) is 0.123.